The van der Waals surface area contributed by atoms with Crippen molar-refractivity contribution in [3.63, 3.8) is 0 Å². The van der Waals surface area contributed by atoms with Crippen molar-refractivity contribution < 1.29 is 23.8 Å². The Bertz CT molecular complexity index is 1190. The summed E-state index contributed by atoms with van der Waals surface area (Å²) >= 11 is 0. The number of carbonyl (C=O) groups is 2. The van der Waals surface area contributed by atoms with Crippen molar-refractivity contribution in [1.82, 2.24) is 0 Å². The first kappa shape index (κ1) is 28.7. The first-order chi connectivity index (χ1) is 18.5. The molecular formula is C32H37NO5. The van der Waals surface area contributed by atoms with E-state index in [4.69, 9.17) is 19.9 Å². The summed E-state index contributed by atoms with van der Waals surface area (Å²) in [5.74, 6) is 0.332. The fraction of sp³-hybridized carbons (Fsp3) is 0.312. The molecule has 0 saturated heterocycles. The molecule has 0 amide bonds. The molecule has 38 heavy (non-hydrogen) atoms. The number of nitrogens with two attached hydrogens (primary N) is 1. The lowest BCUT2D eigenvalue weighted by molar-refractivity contribution is -0.137. The van der Waals surface area contributed by atoms with Gasteiger partial charge in [0.05, 0.1) is 18.8 Å². The van der Waals surface area contributed by atoms with Crippen molar-refractivity contribution in [1.29, 1.82) is 0 Å². The van der Waals surface area contributed by atoms with Crippen molar-refractivity contribution in [3.8, 4) is 22.6 Å². The maximum Gasteiger partial charge on any atom is 0.343 e. The van der Waals surface area contributed by atoms with Crippen LogP contribution in [0.25, 0.3) is 11.1 Å². The molecule has 3 aromatic rings. The van der Waals surface area contributed by atoms with Gasteiger partial charge >= 0.3 is 11.9 Å². The van der Waals surface area contributed by atoms with Gasteiger partial charge in [-0.2, -0.15) is 0 Å². The molecule has 0 aliphatic carbocycles. The standard InChI is InChI=1S/C32H37NO5/c1-3-9-24-10-12-25(13-11-24)30-19-18-29(22-27(30)23-33)38-32(35)26-14-16-28(17-15-26)36-20-7-5-6-8-21-37-31(34)4-2/h4,10-19,22H,2-3,5-9,20-21,23,33H2,1H3. The molecule has 0 bridgehead atoms. The predicted molar refractivity (Wildman–Crippen MR) is 150 cm³/mol. The Morgan fingerprint density at radius 3 is 2.21 bits per heavy atom. The van der Waals surface area contributed by atoms with Gasteiger partial charge in [-0.05, 0) is 90.8 Å². The minimum Gasteiger partial charge on any atom is -0.494 e. The van der Waals surface area contributed by atoms with Crippen molar-refractivity contribution >= 4 is 11.9 Å². The van der Waals surface area contributed by atoms with Crippen LogP contribution in [0.15, 0.2) is 79.4 Å². The predicted octanol–water partition coefficient (Wildman–Crippen LogP) is 6.65. The third-order valence-electron chi connectivity index (χ3n) is 6.12. The zero-order valence-electron chi connectivity index (χ0n) is 22.1. The van der Waals surface area contributed by atoms with Crippen LogP contribution >= 0.6 is 0 Å². The van der Waals surface area contributed by atoms with Crippen LogP contribution < -0.4 is 15.2 Å². The number of hydrogen-bond donors (Lipinski definition) is 1. The van der Waals surface area contributed by atoms with Gasteiger partial charge in [-0.3, -0.25) is 0 Å². The Hall–Kier alpha value is -3.90. The van der Waals surface area contributed by atoms with Crippen LogP contribution in [0.4, 0.5) is 0 Å². The zero-order valence-corrected chi connectivity index (χ0v) is 22.1. The summed E-state index contributed by atoms with van der Waals surface area (Å²) in [6, 6.07) is 21.0. The van der Waals surface area contributed by atoms with Crippen LogP contribution in [0, 0.1) is 0 Å². The van der Waals surface area contributed by atoms with Gasteiger partial charge in [-0.25, -0.2) is 9.59 Å². The van der Waals surface area contributed by atoms with Gasteiger partial charge < -0.3 is 19.9 Å². The molecular weight excluding hydrogens is 478 g/mol. The number of unbranched alkanes of at least 4 members (excludes halogenated alkanes) is 3. The van der Waals surface area contributed by atoms with Gasteiger partial charge in [0.15, 0.2) is 0 Å². The fourth-order valence-corrected chi connectivity index (χ4v) is 4.06. The van der Waals surface area contributed by atoms with Crippen molar-refractivity contribution in [2.45, 2.75) is 52.0 Å². The first-order valence-electron chi connectivity index (χ1n) is 13.2. The van der Waals surface area contributed by atoms with Gasteiger partial charge in [0.1, 0.15) is 11.5 Å². The molecule has 3 rings (SSSR count). The van der Waals surface area contributed by atoms with E-state index in [0.29, 0.717) is 36.8 Å². The molecule has 0 heterocycles. The molecule has 0 fully saturated rings. The summed E-state index contributed by atoms with van der Waals surface area (Å²) in [5, 5.41) is 0. The van der Waals surface area contributed by atoms with E-state index in [1.165, 1.54) is 11.6 Å². The lowest BCUT2D eigenvalue weighted by Crippen LogP contribution is -2.09. The van der Waals surface area contributed by atoms with E-state index in [1.807, 2.05) is 12.1 Å². The van der Waals surface area contributed by atoms with Crippen molar-refractivity contribution in [2.24, 2.45) is 5.73 Å². The van der Waals surface area contributed by atoms with Gasteiger partial charge in [0.25, 0.3) is 0 Å². The molecule has 0 saturated carbocycles. The van der Waals surface area contributed by atoms with Crippen molar-refractivity contribution in [2.75, 3.05) is 13.2 Å². The largest absolute Gasteiger partial charge is 0.494 e. The molecule has 6 nitrogen and oxygen atoms in total. The van der Waals surface area contributed by atoms with E-state index >= 15 is 0 Å². The Morgan fingerprint density at radius 1 is 0.868 bits per heavy atom. The average Bonchev–Trinajstić information content (AvgIpc) is 2.95. The summed E-state index contributed by atoms with van der Waals surface area (Å²) in [4.78, 5) is 23.7. The fourth-order valence-electron chi connectivity index (χ4n) is 4.06. The third-order valence-corrected chi connectivity index (χ3v) is 6.12. The Labute approximate surface area is 225 Å². The SMILES string of the molecule is C=CC(=O)OCCCCCCOc1ccc(C(=O)Oc2ccc(-c3ccc(CCC)cc3)c(CN)c2)cc1. The van der Waals surface area contributed by atoms with E-state index in [9.17, 15) is 9.59 Å². The van der Waals surface area contributed by atoms with Crippen LogP contribution in [-0.2, 0) is 22.5 Å². The number of ether oxygens (including phenoxy) is 3. The monoisotopic (exact) mass is 515 g/mol. The van der Waals surface area contributed by atoms with Gasteiger partial charge in [0, 0.05) is 12.6 Å². The summed E-state index contributed by atoms with van der Waals surface area (Å²) in [7, 11) is 0. The Balaban J connectivity index is 1.47. The molecule has 0 aliphatic rings. The number of carbonyl (C=O) groups excluding carboxylic acids is 2. The second-order valence-electron chi connectivity index (χ2n) is 9.02. The second kappa shape index (κ2) is 15.4. The Morgan fingerprint density at radius 2 is 1.55 bits per heavy atom. The average molecular weight is 516 g/mol. The summed E-state index contributed by atoms with van der Waals surface area (Å²) in [6.07, 6.45) is 6.98. The van der Waals surface area contributed by atoms with E-state index in [0.717, 1.165) is 55.2 Å². The molecule has 0 spiro atoms. The number of aryl methyl sites for hydroxylation is 1. The van der Waals surface area contributed by atoms with Crippen LogP contribution in [0.3, 0.4) is 0 Å². The Kier molecular flexibility index (Phi) is 11.6. The van der Waals surface area contributed by atoms with E-state index in [2.05, 4.69) is 37.8 Å². The molecule has 2 N–H and O–H groups in total. The van der Waals surface area contributed by atoms with Crippen LogP contribution in [0.5, 0.6) is 11.5 Å². The quantitative estimate of drug-likeness (QED) is 0.105. The number of rotatable bonds is 15. The van der Waals surface area contributed by atoms with Gasteiger partial charge in [0.2, 0.25) is 0 Å². The molecule has 0 atom stereocenters. The van der Waals surface area contributed by atoms with Crippen LogP contribution in [0.1, 0.15) is 60.5 Å². The second-order valence-corrected chi connectivity index (χ2v) is 9.02. The highest BCUT2D eigenvalue weighted by Crippen LogP contribution is 2.28. The highest BCUT2D eigenvalue weighted by Gasteiger charge is 2.12. The van der Waals surface area contributed by atoms with Crippen LogP contribution in [-0.4, -0.2) is 25.2 Å². The van der Waals surface area contributed by atoms with E-state index in [1.54, 1.807) is 30.3 Å². The van der Waals surface area contributed by atoms with Crippen LogP contribution in [0.2, 0.25) is 0 Å². The summed E-state index contributed by atoms with van der Waals surface area (Å²) in [6.45, 7) is 6.86. The molecule has 0 aliphatic heterocycles. The minimum absolute atomic E-state index is 0.340. The first-order valence-corrected chi connectivity index (χ1v) is 13.2. The third kappa shape index (κ3) is 8.89. The topological polar surface area (TPSA) is 87.8 Å². The maximum atomic E-state index is 12.7. The molecule has 0 aromatic heterocycles. The molecule has 0 radical (unpaired) electrons. The lowest BCUT2D eigenvalue weighted by Gasteiger charge is -2.12. The van der Waals surface area contributed by atoms with E-state index < -0.39 is 5.97 Å². The molecule has 6 heteroatoms. The van der Waals surface area contributed by atoms with Crippen molar-refractivity contribution in [3.05, 3.63) is 96.1 Å². The van der Waals surface area contributed by atoms with Gasteiger partial charge in [-0.1, -0.05) is 50.3 Å². The lowest BCUT2D eigenvalue weighted by atomic mass is 9.97. The number of esters is 2. The van der Waals surface area contributed by atoms with E-state index in [-0.39, 0.29) is 5.97 Å². The number of benzene rings is 3. The van der Waals surface area contributed by atoms with Gasteiger partial charge in [-0.15, -0.1) is 0 Å². The maximum absolute atomic E-state index is 12.7. The zero-order chi connectivity index (χ0) is 27.2. The highest BCUT2D eigenvalue weighted by molar-refractivity contribution is 5.91. The summed E-state index contributed by atoms with van der Waals surface area (Å²) in [5.41, 5.74) is 10.8. The molecule has 3 aromatic carbocycles. The smallest absolute Gasteiger partial charge is 0.343 e. The summed E-state index contributed by atoms with van der Waals surface area (Å²) < 4.78 is 16.3. The highest BCUT2D eigenvalue weighted by atomic mass is 16.5. The molecule has 0 unspecified atom stereocenters. The minimum atomic E-state index is -0.437. The molecule has 200 valence electrons. The normalized spacial score (nSPS) is 10.6. The number of hydrogen-bond acceptors (Lipinski definition) is 6.